The summed E-state index contributed by atoms with van der Waals surface area (Å²) in [5, 5.41) is 11.4. The van der Waals surface area contributed by atoms with E-state index in [0.29, 0.717) is 36.5 Å². The lowest BCUT2D eigenvalue weighted by Crippen LogP contribution is -2.48. The summed E-state index contributed by atoms with van der Waals surface area (Å²) in [6.07, 6.45) is 0.368. The van der Waals surface area contributed by atoms with E-state index in [-0.39, 0.29) is 38.1 Å². The fraction of sp³-hybridized carbons (Fsp3) is 0.500. The van der Waals surface area contributed by atoms with Gasteiger partial charge in [-0.15, -0.1) is 0 Å². The molecule has 2 aromatic carbocycles. The van der Waals surface area contributed by atoms with Crippen molar-refractivity contribution in [3.05, 3.63) is 58.5 Å². The summed E-state index contributed by atoms with van der Waals surface area (Å²) in [6.45, 7) is 6.46. The highest BCUT2D eigenvalue weighted by molar-refractivity contribution is 5.91. The van der Waals surface area contributed by atoms with Crippen LogP contribution in [0.2, 0.25) is 0 Å². The number of unbranched alkanes of at least 4 members (excludes halogenated alkanes) is 2. The molecule has 0 fully saturated rings. The number of likely N-dealkylation sites (N-methyl/N-ethyl adjacent to an activating group) is 1. The average molecular weight is 575 g/mol. The molecule has 0 bridgehead atoms. The van der Waals surface area contributed by atoms with Gasteiger partial charge in [-0.05, 0) is 61.2 Å². The Balaban J connectivity index is 0.00000462. The number of alkyl halides is 2. The highest BCUT2D eigenvalue weighted by Gasteiger charge is 2.28. The highest BCUT2D eigenvalue weighted by Crippen LogP contribution is 2.29. The number of halogens is 3. The summed E-state index contributed by atoms with van der Waals surface area (Å²) in [5.41, 5.74) is 4.37. The maximum atomic E-state index is 13.7. The van der Waals surface area contributed by atoms with Crippen molar-refractivity contribution in [1.29, 1.82) is 0 Å². The van der Waals surface area contributed by atoms with Gasteiger partial charge in [0.15, 0.2) is 0 Å². The molecule has 0 saturated carbocycles. The summed E-state index contributed by atoms with van der Waals surface area (Å²) in [5.74, 6) is -0.775. The number of benzene rings is 2. The smallest absolute Gasteiger partial charge is 0.257 e. The van der Waals surface area contributed by atoms with Gasteiger partial charge >= 0.3 is 0 Å². The number of rotatable bonds is 12. The van der Waals surface area contributed by atoms with Crippen molar-refractivity contribution in [3.8, 4) is 0 Å². The molecule has 41 heavy (non-hydrogen) atoms. The molecule has 11 heteroatoms. The third kappa shape index (κ3) is 7.58. The van der Waals surface area contributed by atoms with Crippen molar-refractivity contribution < 1.29 is 22.8 Å². The van der Waals surface area contributed by atoms with Gasteiger partial charge in [0.1, 0.15) is 12.4 Å². The van der Waals surface area contributed by atoms with Crippen molar-refractivity contribution in [2.45, 2.75) is 73.5 Å². The van der Waals surface area contributed by atoms with Gasteiger partial charge in [0, 0.05) is 43.4 Å². The van der Waals surface area contributed by atoms with Gasteiger partial charge in [0.2, 0.25) is 5.91 Å². The van der Waals surface area contributed by atoms with Gasteiger partial charge in [0.05, 0.1) is 18.6 Å². The Morgan fingerprint density at radius 2 is 1.80 bits per heavy atom. The number of hydrogen-bond donors (Lipinski definition) is 1. The van der Waals surface area contributed by atoms with Crippen LogP contribution in [0.1, 0.15) is 56.0 Å². The third-order valence-corrected chi connectivity index (χ3v) is 7.39. The molecule has 2 amide bonds. The Bertz CT molecular complexity index is 1380. The van der Waals surface area contributed by atoms with Crippen molar-refractivity contribution in [2.24, 2.45) is 0 Å². The third-order valence-electron chi connectivity index (χ3n) is 7.39. The van der Waals surface area contributed by atoms with E-state index >= 15 is 0 Å². The summed E-state index contributed by atoms with van der Waals surface area (Å²) < 4.78 is 41.2. The number of hydrazine groups is 1. The van der Waals surface area contributed by atoms with Crippen LogP contribution < -0.4 is 10.2 Å². The number of nitrogens with one attached hydrogen (secondary N) is 1. The summed E-state index contributed by atoms with van der Waals surface area (Å²) in [6, 6.07) is 8.24. The predicted octanol–water partition coefficient (Wildman–Crippen LogP) is 5.20. The van der Waals surface area contributed by atoms with Crippen LogP contribution >= 0.6 is 0 Å². The summed E-state index contributed by atoms with van der Waals surface area (Å²) in [4.78, 5) is 28.1. The first-order chi connectivity index (χ1) is 19.1. The predicted molar refractivity (Wildman–Crippen MR) is 155 cm³/mol. The van der Waals surface area contributed by atoms with Gasteiger partial charge in [-0.25, -0.2) is 18.2 Å². The Morgan fingerprint density at radius 3 is 2.51 bits per heavy atom. The average Bonchev–Trinajstić information content (AvgIpc) is 3.45. The zero-order valence-corrected chi connectivity index (χ0v) is 23.5. The molecule has 4 rings (SSSR count). The van der Waals surface area contributed by atoms with Gasteiger partial charge in [0.25, 0.3) is 12.3 Å². The SMILES string of the molecule is C.CCCCCNC(=O)CN(CC(=O)N(C)N1Cc2ccc(F)cc2C1)c1cc2nn(CC(F)F)c(C)c2cc1C. The number of fused-ring (bicyclic) bond motifs is 2. The van der Waals surface area contributed by atoms with Crippen LogP contribution in [0.15, 0.2) is 30.3 Å². The quantitative estimate of drug-likeness (QED) is 0.301. The van der Waals surface area contributed by atoms with Crippen LogP contribution in [0.3, 0.4) is 0 Å². The van der Waals surface area contributed by atoms with E-state index in [0.717, 1.165) is 41.3 Å². The molecular formula is C30H41F3N6O2. The van der Waals surface area contributed by atoms with Crippen LogP contribution in [0, 0.1) is 19.7 Å². The lowest BCUT2D eigenvalue weighted by Gasteiger charge is -2.32. The Hall–Kier alpha value is -3.60. The van der Waals surface area contributed by atoms with Gasteiger partial charge in [-0.2, -0.15) is 5.10 Å². The van der Waals surface area contributed by atoms with E-state index in [1.165, 1.54) is 21.8 Å². The number of amides is 2. The van der Waals surface area contributed by atoms with Crippen LogP contribution in [0.4, 0.5) is 18.9 Å². The molecular weight excluding hydrogens is 533 g/mol. The van der Waals surface area contributed by atoms with E-state index in [9.17, 15) is 22.8 Å². The monoisotopic (exact) mass is 574 g/mol. The number of carbonyl (C=O) groups is 2. The van der Waals surface area contributed by atoms with Crippen molar-refractivity contribution in [1.82, 2.24) is 25.1 Å². The largest absolute Gasteiger partial charge is 0.355 e. The number of aromatic nitrogens is 2. The fourth-order valence-corrected chi connectivity index (χ4v) is 5.09. The number of nitrogens with zero attached hydrogens (tertiary/aromatic N) is 5. The van der Waals surface area contributed by atoms with Crippen LogP contribution in [0.25, 0.3) is 10.9 Å². The van der Waals surface area contributed by atoms with Gasteiger partial charge < -0.3 is 10.2 Å². The Labute approximate surface area is 240 Å². The molecule has 1 N–H and O–H groups in total. The number of carbonyl (C=O) groups excluding carboxylic acids is 2. The number of aryl methyl sites for hydroxylation is 2. The molecule has 1 aliphatic heterocycles. The number of hydrogen-bond acceptors (Lipinski definition) is 5. The molecule has 0 aliphatic carbocycles. The molecule has 0 saturated heterocycles. The first-order valence-corrected chi connectivity index (χ1v) is 13.6. The van der Waals surface area contributed by atoms with E-state index in [1.807, 2.05) is 18.0 Å². The molecule has 0 unspecified atom stereocenters. The van der Waals surface area contributed by atoms with Crippen LogP contribution in [-0.2, 0) is 29.2 Å². The summed E-state index contributed by atoms with van der Waals surface area (Å²) in [7, 11) is 1.67. The molecule has 224 valence electrons. The second kappa shape index (κ2) is 13.8. The topological polar surface area (TPSA) is 73.7 Å². The summed E-state index contributed by atoms with van der Waals surface area (Å²) >= 11 is 0. The standard InChI is InChI=1S/C29H37F3N6O2.CH4/c1-5-6-7-10-33-28(39)17-36(18-29(40)35(4)37-14-21-8-9-23(30)12-22(21)15-37)26-13-25-24(11-19(26)2)20(3)38(34-25)16-27(31)32;/h8-9,11-13,27H,5-7,10,14-18H2,1-4H3,(H,33,39);1H4. The Morgan fingerprint density at radius 1 is 1.07 bits per heavy atom. The lowest BCUT2D eigenvalue weighted by molar-refractivity contribution is -0.145. The van der Waals surface area contributed by atoms with Gasteiger partial charge in [-0.3, -0.25) is 19.3 Å². The molecule has 3 aromatic rings. The zero-order valence-electron chi connectivity index (χ0n) is 23.5. The minimum atomic E-state index is -2.54. The minimum Gasteiger partial charge on any atom is -0.355 e. The van der Waals surface area contributed by atoms with Crippen molar-refractivity contribution in [2.75, 3.05) is 31.6 Å². The normalized spacial score (nSPS) is 12.9. The van der Waals surface area contributed by atoms with E-state index in [1.54, 1.807) is 31.0 Å². The van der Waals surface area contributed by atoms with E-state index in [2.05, 4.69) is 17.3 Å². The molecule has 0 atom stereocenters. The first kappa shape index (κ1) is 31.9. The molecule has 1 aromatic heterocycles. The first-order valence-electron chi connectivity index (χ1n) is 13.6. The van der Waals surface area contributed by atoms with Gasteiger partial charge in [-0.1, -0.05) is 33.3 Å². The maximum absolute atomic E-state index is 13.7. The molecule has 1 aliphatic rings. The van der Waals surface area contributed by atoms with Crippen LogP contribution in [0.5, 0.6) is 0 Å². The number of anilines is 1. The molecule has 8 nitrogen and oxygen atoms in total. The van der Waals surface area contributed by atoms with Crippen molar-refractivity contribution in [3.63, 3.8) is 0 Å². The van der Waals surface area contributed by atoms with E-state index < -0.39 is 13.0 Å². The lowest BCUT2D eigenvalue weighted by atomic mass is 10.1. The zero-order chi connectivity index (χ0) is 29.0. The second-order valence-corrected chi connectivity index (χ2v) is 10.4. The molecule has 0 spiro atoms. The Kier molecular flexibility index (Phi) is 10.8. The minimum absolute atomic E-state index is 0. The van der Waals surface area contributed by atoms with Crippen molar-refractivity contribution >= 4 is 28.4 Å². The molecule has 0 radical (unpaired) electrons. The molecule has 2 heterocycles. The van der Waals surface area contributed by atoms with E-state index in [4.69, 9.17) is 0 Å². The second-order valence-electron chi connectivity index (χ2n) is 10.4. The fourth-order valence-electron chi connectivity index (χ4n) is 5.09. The van der Waals surface area contributed by atoms with Crippen LogP contribution in [-0.4, -0.2) is 64.7 Å². The highest BCUT2D eigenvalue weighted by atomic mass is 19.3. The maximum Gasteiger partial charge on any atom is 0.257 e.